The molecule has 0 aromatic carbocycles. The van der Waals surface area contributed by atoms with Crippen molar-refractivity contribution in [3.05, 3.63) is 24.3 Å². The van der Waals surface area contributed by atoms with Gasteiger partial charge in [-0.3, -0.25) is 4.79 Å². The minimum absolute atomic E-state index is 0.209. The molecule has 1 heteroatoms. The van der Waals surface area contributed by atoms with Crippen molar-refractivity contribution in [1.82, 2.24) is 0 Å². The highest BCUT2D eigenvalue weighted by molar-refractivity contribution is 5.92. The Morgan fingerprint density at radius 3 is 2.86 bits per heavy atom. The normalized spacial score (nSPS) is 32.4. The van der Waals surface area contributed by atoms with Crippen LogP contribution < -0.4 is 0 Å². The lowest BCUT2D eigenvalue weighted by Crippen LogP contribution is -2.29. The molecule has 0 aliphatic heterocycles. The number of hydrogen-bond donors (Lipinski definition) is 0. The van der Waals surface area contributed by atoms with E-state index in [-0.39, 0.29) is 5.92 Å². The van der Waals surface area contributed by atoms with Crippen LogP contribution in [-0.4, -0.2) is 5.78 Å². The predicted molar refractivity (Wildman–Crippen MR) is 60.0 cm³/mol. The third-order valence-corrected chi connectivity index (χ3v) is 3.14. The van der Waals surface area contributed by atoms with Crippen molar-refractivity contribution < 1.29 is 4.79 Å². The molecule has 0 aromatic heterocycles. The molecule has 0 saturated carbocycles. The molecular formula is C13H20O. The van der Waals surface area contributed by atoms with Crippen LogP contribution in [0.25, 0.3) is 0 Å². The Morgan fingerprint density at radius 1 is 1.57 bits per heavy atom. The summed E-state index contributed by atoms with van der Waals surface area (Å²) in [6, 6.07) is 0. The van der Waals surface area contributed by atoms with Gasteiger partial charge in [-0.2, -0.15) is 0 Å². The maximum atomic E-state index is 11.9. The van der Waals surface area contributed by atoms with E-state index in [4.69, 9.17) is 0 Å². The van der Waals surface area contributed by atoms with E-state index in [9.17, 15) is 4.79 Å². The summed E-state index contributed by atoms with van der Waals surface area (Å²) in [6.07, 6.45) is 10.1. The van der Waals surface area contributed by atoms with Crippen LogP contribution in [0.4, 0.5) is 0 Å². The minimum atomic E-state index is 0.209. The van der Waals surface area contributed by atoms with Gasteiger partial charge in [0.1, 0.15) is 0 Å². The van der Waals surface area contributed by atoms with E-state index >= 15 is 0 Å². The first-order chi connectivity index (χ1) is 6.70. The summed E-state index contributed by atoms with van der Waals surface area (Å²) in [5.41, 5.74) is 0. The molecule has 0 amide bonds. The summed E-state index contributed by atoms with van der Waals surface area (Å²) in [7, 11) is 0. The molecule has 0 radical (unpaired) electrons. The van der Waals surface area contributed by atoms with E-state index in [0.29, 0.717) is 17.6 Å². The van der Waals surface area contributed by atoms with E-state index < -0.39 is 0 Å². The zero-order valence-electron chi connectivity index (χ0n) is 9.36. The summed E-state index contributed by atoms with van der Waals surface area (Å²) < 4.78 is 0. The number of hydrogen-bond acceptors (Lipinski definition) is 1. The Bertz CT molecular complexity index is 250. The van der Waals surface area contributed by atoms with Crippen LogP contribution in [0, 0.1) is 17.8 Å². The molecule has 3 atom stereocenters. The van der Waals surface area contributed by atoms with Gasteiger partial charge in [-0.25, -0.2) is 0 Å². The third-order valence-electron chi connectivity index (χ3n) is 3.14. The lowest BCUT2D eigenvalue weighted by atomic mass is 9.73. The van der Waals surface area contributed by atoms with Crippen LogP contribution in [0.15, 0.2) is 24.3 Å². The molecule has 0 bridgehead atoms. The number of carbonyl (C=O) groups is 1. The van der Waals surface area contributed by atoms with Gasteiger partial charge in [-0.1, -0.05) is 38.5 Å². The van der Waals surface area contributed by atoms with Gasteiger partial charge in [0.05, 0.1) is 0 Å². The second-order valence-corrected chi connectivity index (χ2v) is 4.12. The first kappa shape index (κ1) is 11.2. The van der Waals surface area contributed by atoms with Crippen molar-refractivity contribution in [2.24, 2.45) is 17.8 Å². The van der Waals surface area contributed by atoms with E-state index in [0.717, 1.165) is 12.8 Å². The second-order valence-electron chi connectivity index (χ2n) is 4.12. The smallest absolute Gasteiger partial charge is 0.159 e. The van der Waals surface area contributed by atoms with Crippen LogP contribution in [0.1, 0.15) is 33.6 Å². The quantitative estimate of drug-likeness (QED) is 0.495. The van der Waals surface area contributed by atoms with Gasteiger partial charge in [-0.15, -0.1) is 0 Å². The van der Waals surface area contributed by atoms with Crippen molar-refractivity contribution in [2.45, 2.75) is 33.6 Å². The maximum Gasteiger partial charge on any atom is 0.159 e. The molecule has 0 heterocycles. The Labute approximate surface area is 86.9 Å². The summed E-state index contributed by atoms with van der Waals surface area (Å²) in [5.74, 6) is 1.45. The molecule has 14 heavy (non-hydrogen) atoms. The van der Waals surface area contributed by atoms with Crippen molar-refractivity contribution in [2.75, 3.05) is 0 Å². The Kier molecular flexibility index (Phi) is 4.12. The highest BCUT2D eigenvalue weighted by atomic mass is 16.1. The first-order valence-electron chi connectivity index (χ1n) is 5.53. The van der Waals surface area contributed by atoms with Crippen LogP contribution in [0.2, 0.25) is 0 Å². The van der Waals surface area contributed by atoms with Gasteiger partial charge in [0.2, 0.25) is 0 Å². The van der Waals surface area contributed by atoms with Crippen LogP contribution >= 0.6 is 0 Å². The average molecular weight is 192 g/mol. The first-order valence-corrected chi connectivity index (χ1v) is 5.53. The van der Waals surface area contributed by atoms with Gasteiger partial charge >= 0.3 is 0 Å². The summed E-state index contributed by atoms with van der Waals surface area (Å²) in [6.45, 7) is 6.22. The van der Waals surface area contributed by atoms with E-state index in [1.807, 2.05) is 13.0 Å². The molecule has 0 saturated heterocycles. The van der Waals surface area contributed by atoms with E-state index in [2.05, 4.69) is 26.0 Å². The zero-order valence-corrected chi connectivity index (χ0v) is 9.36. The van der Waals surface area contributed by atoms with E-state index in [1.54, 1.807) is 6.08 Å². The summed E-state index contributed by atoms with van der Waals surface area (Å²) >= 11 is 0. The molecular weight excluding hydrogens is 172 g/mol. The predicted octanol–water partition coefficient (Wildman–Crippen LogP) is 3.37. The van der Waals surface area contributed by atoms with Crippen molar-refractivity contribution in [3.8, 4) is 0 Å². The number of ketones is 1. The molecule has 1 aliphatic rings. The van der Waals surface area contributed by atoms with Gasteiger partial charge in [-0.05, 0) is 31.3 Å². The van der Waals surface area contributed by atoms with Crippen LogP contribution in [0.5, 0.6) is 0 Å². The van der Waals surface area contributed by atoms with Crippen molar-refractivity contribution in [1.29, 1.82) is 0 Å². The number of allylic oxidation sites excluding steroid dienone is 4. The lowest BCUT2D eigenvalue weighted by Gasteiger charge is -2.30. The van der Waals surface area contributed by atoms with Crippen molar-refractivity contribution in [3.63, 3.8) is 0 Å². The minimum Gasteiger partial charge on any atom is -0.295 e. The monoisotopic (exact) mass is 192 g/mol. The lowest BCUT2D eigenvalue weighted by molar-refractivity contribution is -0.121. The Morgan fingerprint density at radius 2 is 2.29 bits per heavy atom. The van der Waals surface area contributed by atoms with Crippen LogP contribution in [-0.2, 0) is 4.79 Å². The van der Waals surface area contributed by atoms with Gasteiger partial charge in [0, 0.05) is 5.92 Å². The van der Waals surface area contributed by atoms with E-state index in [1.165, 1.54) is 0 Å². The maximum absolute atomic E-state index is 11.9. The van der Waals surface area contributed by atoms with Gasteiger partial charge < -0.3 is 0 Å². The highest BCUT2D eigenvalue weighted by Gasteiger charge is 2.30. The summed E-state index contributed by atoms with van der Waals surface area (Å²) in [4.78, 5) is 11.9. The number of rotatable bonds is 3. The Balaban J connectivity index is 2.80. The molecule has 0 aromatic rings. The molecule has 0 unspecified atom stereocenters. The third kappa shape index (κ3) is 2.34. The molecule has 78 valence electrons. The zero-order chi connectivity index (χ0) is 10.6. The standard InChI is InChI=1S/C13H20O/c1-4-7-12(14)13-10(3)8-6-9-11(13)5-2/h4,6-8,10-11,13H,5,9H2,1-3H3/b7-4+/t10-,11-,13+/m0/s1. The molecule has 1 nitrogen and oxygen atoms in total. The highest BCUT2D eigenvalue weighted by Crippen LogP contribution is 2.33. The molecule has 1 rings (SSSR count). The van der Waals surface area contributed by atoms with Crippen molar-refractivity contribution >= 4 is 5.78 Å². The van der Waals surface area contributed by atoms with Gasteiger partial charge in [0.25, 0.3) is 0 Å². The Hall–Kier alpha value is -0.850. The molecule has 0 fully saturated rings. The summed E-state index contributed by atoms with van der Waals surface area (Å²) in [5, 5.41) is 0. The molecule has 0 N–H and O–H groups in total. The molecule has 1 aliphatic carbocycles. The van der Waals surface area contributed by atoms with Crippen LogP contribution in [0.3, 0.4) is 0 Å². The fourth-order valence-electron chi connectivity index (χ4n) is 2.35. The fraction of sp³-hybridized carbons (Fsp3) is 0.615. The average Bonchev–Trinajstić information content (AvgIpc) is 2.17. The second kappa shape index (κ2) is 5.14. The number of carbonyl (C=O) groups excluding carboxylic acids is 1. The van der Waals surface area contributed by atoms with Gasteiger partial charge in [0.15, 0.2) is 5.78 Å². The molecule has 0 spiro atoms. The topological polar surface area (TPSA) is 17.1 Å². The fourth-order valence-corrected chi connectivity index (χ4v) is 2.35. The largest absolute Gasteiger partial charge is 0.295 e. The SMILES string of the molecule is C/C=C/C(=O)[C@H]1[C@@H](CC)CC=C[C@@H]1C.